The minimum Gasteiger partial charge on any atom is -0.490 e. The number of esters is 1. The van der Waals surface area contributed by atoms with Crippen molar-refractivity contribution in [2.75, 3.05) is 6.61 Å². The molecular formula is C26H22ClNO4. The molecule has 162 valence electrons. The van der Waals surface area contributed by atoms with Gasteiger partial charge in [0.05, 0.1) is 6.61 Å². The Bertz CT molecular complexity index is 1220. The van der Waals surface area contributed by atoms with E-state index in [0.717, 1.165) is 22.3 Å². The van der Waals surface area contributed by atoms with Crippen molar-refractivity contribution < 1.29 is 19.0 Å². The number of nitrogens with zero attached hydrogens (tertiary/aromatic N) is 1. The lowest BCUT2D eigenvalue weighted by Gasteiger charge is -2.13. The number of hydrogen-bond acceptors (Lipinski definition) is 5. The number of carbonyl (C=O) groups is 1. The molecule has 0 atom stereocenters. The molecule has 0 fully saturated rings. The SMILES string of the molecule is CCOc1cc(/C=C2\N=C(c3ccccc3C)OC2=O)ccc1OCc1cccc(Cl)c1. The lowest BCUT2D eigenvalue weighted by molar-refractivity contribution is -0.129. The summed E-state index contributed by atoms with van der Waals surface area (Å²) in [6, 6.07) is 20.6. The van der Waals surface area contributed by atoms with E-state index in [2.05, 4.69) is 4.99 Å². The predicted octanol–water partition coefficient (Wildman–Crippen LogP) is 5.97. The molecule has 0 amide bonds. The second kappa shape index (κ2) is 9.71. The van der Waals surface area contributed by atoms with Gasteiger partial charge in [0.15, 0.2) is 17.2 Å². The van der Waals surface area contributed by atoms with E-state index in [4.69, 9.17) is 25.8 Å². The monoisotopic (exact) mass is 447 g/mol. The molecule has 1 aliphatic heterocycles. The normalized spacial score (nSPS) is 14.3. The maximum Gasteiger partial charge on any atom is 0.363 e. The van der Waals surface area contributed by atoms with E-state index < -0.39 is 5.97 Å². The topological polar surface area (TPSA) is 57.1 Å². The van der Waals surface area contributed by atoms with Crippen LogP contribution in [0.2, 0.25) is 5.02 Å². The molecule has 0 spiro atoms. The predicted molar refractivity (Wildman–Crippen MR) is 125 cm³/mol. The van der Waals surface area contributed by atoms with E-state index in [1.165, 1.54) is 0 Å². The van der Waals surface area contributed by atoms with Gasteiger partial charge in [0.1, 0.15) is 6.61 Å². The second-order valence-corrected chi connectivity index (χ2v) is 7.65. The molecular weight excluding hydrogens is 426 g/mol. The van der Waals surface area contributed by atoms with Gasteiger partial charge in [-0.1, -0.05) is 48.0 Å². The average Bonchev–Trinajstić information content (AvgIpc) is 3.13. The highest BCUT2D eigenvalue weighted by molar-refractivity contribution is 6.30. The summed E-state index contributed by atoms with van der Waals surface area (Å²) in [4.78, 5) is 16.8. The summed E-state index contributed by atoms with van der Waals surface area (Å²) in [5.74, 6) is 1.01. The number of aliphatic imine (C=N–C) groups is 1. The summed E-state index contributed by atoms with van der Waals surface area (Å²) in [6.07, 6.45) is 1.68. The van der Waals surface area contributed by atoms with Crippen LogP contribution in [-0.4, -0.2) is 18.5 Å². The molecule has 0 radical (unpaired) electrons. The first-order chi connectivity index (χ1) is 15.5. The lowest BCUT2D eigenvalue weighted by Crippen LogP contribution is -2.06. The van der Waals surface area contributed by atoms with Crippen molar-refractivity contribution in [2.45, 2.75) is 20.5 Å². The van der Waals surface area contributed by atoms with Crippen LogP contribution in [-0.2, 0) is 16.1 Å². The van der Waals surface area contributed by atoms with Gasteiger partial charge in [-0.3, -0.25) is 0 Å². The molecule has 32 heavy (non-hydrogen) atoms. The Hall–Kier alpha value is -3.57. The third kappa shape index (κ3) is 5.01. The second-order valence-electron chi connectivity index (χ2n) is 7.21. The first kappa shape index (κ1) is 21.7. The minimum absolute atomic E-state index is 0.235. The first-order valence-corrected chi connectivity index (χ1v) is 10.6. The van der Waals surface area contributed by atoms with Crippen molar-refractivity contribution in [3.05, 3.63) is 99.7 Å². The number of halogens is 1. The summed E-state index contributed by atoms with van der Waals surface area (Å²) < 4.78 is 17.1. The molecule has 1 aliphatic rings. The van der Waals surface area contributed by atoms with E-state index in [9.17, 15) is 4.79 Å². The van der Waals surface area contributed by atoms with Crippen LogP contribution in [0.1, 0.15) is 29.2 Å². The van der Waals surface area contributed by atoms with Gasteiger partial charge in [0.2, 0.25) is 5.90 Å². The summed E-state index contributed by atoms with van der Waals surface area (Å²) >= 11 is 6.04. The van der Waals surface area contributed by atoms with Gasteiger partial charge < -0.3 is 14.2 Å². The lowest BCUT2D eigenvalue weighted by atomic mass is 10.1. The standard InChI is InChI=1S/C26H22ClNO4/c1-3-30-24-15-18(11-12-23(24)31-16-19-8-6-9-20(27)13-19)14-22-26(29)32-25(28-22)21-10-5-4-7-17(21)2/h4-15H,3,16H2,1-2H3/b22-14-. The van der Waals surface area contributed by atoms with E-state index >= 15 is 0 Å². The molecule has 0 N–H and O–H groups in total. The van der Waals surface area contributed by atoms with E-state index in [1.807, 2.05) is 80.6 Å². The molecule has 0 unspecified atom stereocenters. The quantitative estimate of drug-likeness (QED) is 0.330. The number of ether oxygens (including phenoxy) is 3. The van der Waals surface area contributed by atoms with Gasteiger partial charge >= 0.3 is 5.97 Å². The van der Waals surface area contributed by atoms with Crippen LogP contribution in [0.5, 0.6) is 11.5 Å². The first-order valence-electron chi connectivity index (χ1n) is 10.3. The zero-order valence-electron chi connectivity index (χ0n) is 17.8. The maximum atomic E-state index is 12.4. The third-order valence-electron chi connectivity index (χ3n) is 4.85. The number of benzene rings is 3. The van der Waals surface area contributed by atoms with E-state index in [1.54, 1.807) is 6.08 Å². The number of cyclic esters (lactones) is 1. The fraction of sp³-hybridized carbons (Fsp3) is 0.154. The molecule has 3 aromatic carbocycles. The van der Waals surface area contributed by atoms with Gasteiger partial charge in [-0.15, -0.1) is 0 Å². The molecule has 0 saturated carbocycles. The molecule has 0 aliphatic carbocycles. The van der Waals surface area contributed by atoms with Crippen LogP contribution < -0.4 is 9.47 Å². The van der Waals surface area contributed by atoms with Gasteiger partial charge in [-0.2, -0.15) is 0 Å². The van der Waals surface area contributed by atoms with E-state index in [-0.39, 0.29) is 5.70 Å². The van der Waals surface area contributed by atoms with Gasteiger partial charge in [0.25, 0.3) is 0 Å². The highest BCUT2D eigenvalue weighted by atomic mass is 35.5. The van der Waals surface area contributed by atoms with Gasteiger partial charge in [0, 0.05) is 10.6 Å². The molecule has 0 saturated heterocycles. The van der Waals surface area contributed by atoms with Crippen LogP contribution in [0.15, 0.2) is 77.4 Å². The van der Waals surface area contributed by atoms with Crippen molar-refractivity contribution in [1.29, 1.82) is 0 Å². The van der Waals surface area contributed by atoms with Crippen molar-refractivity contribution >= 4 is 29.5 Å². The number of rotatable bonds is 7. The van der Waals surface area contributed by atoms with Crippen molar-refractivity contribution in [3.8, 4) is 11.5 Å². The number of hydrogen-bond donors (Lipinski definition) is 0. The molecule has 0 aromatic heterocycles. The summed E-state index contributed by atoms with van der Waals surface area (Å²) in [6.45, 7) is 4.69. The van der Waals surface area contributed by atoms with Gasteiger partial charge in [-0.25, -0.2) is 9.79 Å². The fourth-order valence-electron chi connectivity index (χ4n) is 3.28. The maximum absolute atomic E-state index is 12.4. The molecule has 0 bridgehead atoms. The minimum atomic E-state index is -0.484. The summed E-state index contributed by atoms with van der Waals surface area (Å²) in [5.41, 5.74) is 3.73. The van der Waals surface area contributed by atoms with Crippen LogP contribution in [0.4, 0.5) is 0 Å². The summed E-state index contributed by atoms with van der Waals surface area (Å²) in [7, 11) is 0. The Labute approximate surface area is 191 Å². The summed E-state index contributed by atoms with van der Waals surface area (Å²) in [5, 5.41) is 0.659. The Balaban J connectivity index is 1.57. The fourth-order valence-corrected chi connectivity index (χ4v) is 3.50. The molecule has 3 aromatic rings. The third-order valence-corrected chi connectivity index (χ3v) is 5.09. The molecule has 1 heterocycles. The van der Waals surface area contributed by atoms with Gasteiger partial charge in [-0.05, 0) is 66.9 Å². The molecule has 5 nitrogen and oxygen atoms in total. The van der Waals surface area contributed by atoms with Crippen LogP contribution >= 0.6 is 11.6 Å². The number of carbonyl (C=O) groups excluding carboxylic acids is 1. The highest BCUT2D eigenvalue weighted by Gasteiger charge is 2.25. The smallest absolute Gasteiger partial charge is 0.363 e. The van der Waals surface area contributed by atoms with Crippen molar-refractivity contribution in [1.82, 2.24) is 0 Å². The van der Waals surface area contributed by atoms with Crippen LogP contribution in [0.25, 0.3) is 6.08 Å². The zero-order valence-corrected chi connectivity index (χ0v) is 18.6. The molecule has 6 heteroatoms. The van der Waals surface area contributed by atoms with Crippen LogP contribution in [0.3, 0.4) is 0 Å². The zero-order chi connectivity index (χ0) is 22.5. The van der Waals surface area contributed by atoms with Crippen LogP contribution in [0, 0.1) is 6.92 Å². The van der Waals surface area contributed by atoms with E-state index in [0.29, 0.717) is 35.6 Å². The number of aryl methyl sites for hydroxylation is 1. The Kier molecular flexibility index (Phi) is 6.57. The Morgan fingerprint density at radius 2 is 1.84 bits per heavy atom. The van der Waals surface area contributed by atoms with Crippen molar-refractivity contribution in [3.63, 3.8) is 0 Å². The largest absolute Gasteiger partial charge is 0.490 e. The highest BCUT2D eigenvalue weighted by Crippen LogP contribution is 2.31. The Morgan fingerprint density at radius 1 is 1.00 bits per heavy atom. The average molecular weight is 448 g/mol. The molecule has 4 rings (SSSR count). The Morgan fingerprint density at radius 3 is 2.62 bits per heavy atom. The van der Waals surface area contributed by atoms with Crippen molar-refractivity contribution in [2.24, 2.45) is 4.99 Å².